The van der Waals surface area contributed by atoms with Gasteiger partial charge in [0.2, 0.25) is 0 Å². The molecule has 0 bridgehead atoms. The van der Waals surface area contributed by atoms with Crippen LogP contribution in [0.4, 0.5) is 18.9 Å². The third-order valence-corrected chi connectivity index (χ3v) is 3.12. The molecule has 0 aliphatic rings. The van der Waals surface area contributed by atoms with Crippen molar-refractivity contribution in [3.05, 3.63) is 53.6 Å². The van der Waals surface area contributed by atoms with Crippen LogP contribution in [0.25, 0.3) is 0 Å². The lowest BCUT2D eigenvalue weighted by atomic mass is 10.3. The zero-order chi connectivity index (χ0) is 19.9. The van der Waals surface area contributed by atoms with E-state index >= 15 is 0 Å². The Morgan fingerprint density at radius 1 is 1.00 bits per heavy atom. The Kier molecular flexibility index (Phi) is 6.89. The molecule has 0 fully saturated rings. The number of nitrogens with one attached hydrogen (secondary N) is 1. The van der Waals surface area contributed by atoms with Gasteiger partial charge < -0.3 is 19.5 Å². The standard InChI is InChI=1S/C17H13ClF3NO5/c18-11-2-1-3-14(8-11)25-10-16(24)26-9-15(23)22-12-4-6-13(7-5-12)27-17(19,20)21/h1-8H,9-10H2,(H,22,23). The minimum Gasteiger partial charge on any atom is -0.482 e. The molecule has 0 aromatic heterocycles. The summed E-state index contributed by atoms with van der Waals surface area (Å²) in [6.45, 7) is -1.00. The van der Waals surface area contributed by atoms with Crippen molar-refractivity contribution in [2.75, 3.05) is 18.5 Å². The van der Waals surface area contributed by atoms with Gasteiger partial charge in [-0.3, -0.25) is 4.79 Å². The number of alkyl halides is 3. The molecule has 0 saturated heterocycles. The van der Waals surface area contributed by atoms with Crippen molar-refractivity contribution in [2.24, 2.45) is 0 Å². The summed E-state index contributed by atoms with van der Waals surface area (Å²) in [5, 5.41) is 2.79. The maximum absolute atomic E-state index is 12.1. The predicted octanol–water partition coefficient (Wildman–Crippen LogP) is 3.80. The normalized spacial score (nSPS) is 10.8. The second kappa shape index (κ2) is 9.13. The first-order valence-corrected chi connectivity index (χ1v) is 7.79. The number of carbonyl (C=O) groups is 2. The molecule has 0 radical (unpaired) electrons. The number of rotatable bonds is 7. The fourth-order valence-corrected chi connectivity index (χ4v) is 2.00. The summed E-state index contributed by atoms with van der Waals surface area (Å²) in [6.07, 6.45) is -4.80. The second-order valence-corrected chi connectivity index (χ2v) is 5.46. The van der Waals surface area contributed by atoms with E-state index in [0.717, 1.165) is 12.1 Å². The highest BCUT2D eigenvalue weighted by atomic mass is 35.5. The second-order valence-electron chi connectivity index (χ2n) is 5.03. The molecule has 2 rings (SSSR count). The first-order chi connectivity index (χ1) is 12.7. The van der Waals surface area contributed by atoms with Crippen LogP contribution in [0, 0.1) is 0 Å². The molecule has 0 aliphatic heterocycles. The highest BCUT2D eigenvalue weighted by Gasteiger charge is 2.30. The summed E-state index contributed by atoms with van der Waals surface area (Å²) in [6, 6.07) is 10.9. The van der Waals surface area contributed by atoms with E-state index in [-0.39, 0.29) is 5.69 Å². The lowest BCUT2D eigenvalue weighted by Crippen LogP contribution is -2.23. The van der Waals surface area contributed by atoms with Crippen LogP contribution in [0.2, 0.25) is 5.02 Å². The Hall–Kier alpha value is -2.94. The van der Waals surface area contributed by atoms with Gasteiger partial charge in [0.25, 0.3) is 5.91 Å². The van der Waals surface area contributed by atoms with Crippen LogP contribution in [-0.2, 0) is 14.3 Å². The Morgan fingerprint density at radius 2 is 1.70 bits per heavy atom. The summed E-state index contributed by atoms with van der Waals surface area (Å²) in [7, 11) is 0. The molecular formula is C17H13ClF3NO5. The van der Waals surface area contributed by atoms with E-state index in [1.807, 2.05) is 0 Å². The zero-order valence-electron chi connectivity index (χ0n) is 13.6. The molecule has 0 saturated carbocycles. The monoisotopic (exact) mass is 403 g/mol. The van der Waals surface area contributed by atoms with Crippen molar-refractivity contribution < 1.29 is 37.0 Å². The zero-order valence-corrected chi connectivity index (χ0v) is 14.3. The van der Waals surface area contributed by atoms with E-state index < -0.39 is 37.2 Å². The smallest absolute Gasteiger partial charge is 0.482 e. The number of amides is 1. The molecule has 10 heteroatoms. The molecule has 27 heavy (non-hydrogen) atoms. The Balaban J connectivity index is 1.73. The maximum atomic E-state index is 12.1. The largest absolute Gasteiger partial charge is 0.573 e. The third kappa shape index (κ3) is 7.87. The van der Waals surface area contributed by atoms with Crippen molar-refractivity contribution in [1.82, 2.24) is 0 Å². The van der Waals surface area contributed by atoms with Gasteiger partial charge in [0, 0.05) is 10.7 Å². The van der Waals surface area contributed by atoms with Crippen molar-refractivity contribution in [2.45, 2.75) is 6.36 Å². The molecule has 0 unspecified atom stereocenters. The van der Waals surface area contributed by atoms with E-state index in [0.29, 0.717) is 10.8 Å². The van der Waals surface area contributed by atoms with Crippen molar-refractivity contribution >= 4 is 29.2 Å². The lowest BCUT2D eigenvalue weighted by molar-refractivity contribution is -0.274. The molecule has 0 atom stereocenters. The molecule has 0 heterocycles. The van der Waals surface area contributed by atoms with E-state index in [1.54, 1.807) is 18.2 Å². The maximum Gasteiger partial charge on any atom is 0.573 e. The predicted molar refractivity (Wildman–Crippen MR) is 89.7 cm³/mol. The Labute approximate surface area is 156 Å². The first-order valence-electron chi connectivity index (χ1n) is 7.41. The van der Waals surface area contributed by atoms with Gasteiger partial charge in [-0.2, -0.15) is 0 Å². The number of esters is 1. The number of anilines is 1. The average Bonchev–Trinajstić information content (AvgIpc) is 2.59. The molecule has 1 amide bonds. The number of hydrogen-bond acceptors (Lipinski definition) is 5. The van der Waals surface area contributed by atoms with Crippen LogP contribution in [-0.4, -0.2) is 31.5 Å². The summed E-state index contributed by atoms with van der Waals surface area (Å²) < 4.78 is 49.8. The van der Waals surface area contributed by atoms with Crippen LogP contribution in [0.15, 0.2) is 48.5 Å². The van der Waals surface area contributed by atoms with Gasteiger partial charge >= 0.3 is 12.3 Å². The molecular weight excluding hydrogens is 391 g/mol. The van der Waals surface area contributed by atoms with Crippen LogP contribution < -0.4 is 14.8 Å². The van der Waals surface area contributed by atoms with Gasteiger partial charge in [0.1, 0.15) is 11.5 Å². The Morgan fingerprint density at radius 3 is 2.33 bits per heavy atom. The highest BCUT2D eigenvalue weighted by Crippen LogP contribution is 2.24. The van der Waals surface area contributed by atoms with E-state index in [9.17, 15) is 22.8 Å². The van der Waals surface area contributed by atoms with Gasteiger partial charge in [-0.25, -0.2) is 4.79 Å². The molecule has 2 aromatic rings. The first kappa shape index (κ1) is 20.4. The van der Waals surface area contributed by atoms with E-state index in [4.69, 9.17) is 21.1 Å². The summed E-state index contributed by atoms with van der Waals surface area (Å²) in [5.74, 6) is -1.51. The third-order valence-electron chi connectivity index (χ3n) is 2.89. The molecule has 2 aromatic carbocycles. The number of ether oxygens (including phenoxy) is 3. The number of halogens is 4. The van der Waals surface area contributed by atoms with E-state index in [2.05, 4.69) is 10.1 Å². The van der Waals surface area contributed by atoms with Gasteiger partial charge in [-0.05, 0) is 42.5 Å². The quantitative estimate of drug-likeness (QED) is 0.712. The van der Waals surface area contributed by atoms with Gasteiger partial charge in [0.15, 0.2) is 13.2 Å². The number of carbonyl (C=O) groups excluding carboxylic acids is 2. The summed E-state index contributed by atoms with van der Waals surface area (Å²) >= 11 is 5.77. The van der Waals surface area contributed by atoms with Crippen LogP contribution >= 0.6 is 11.6 Å². The lowest BCUT2D eigenvalue weighted by Gasteiger charge is -2.10. The molecule has 6 nitrogen and oxygen atoms in total. The van der Waals surface area contributed by atoms with Crippen molar-refractivity contribution in [3.8, 4) is 11.5 Å². The molecule has 1 N–H and O–H groups in total. The minimum atomic E-state index is -4.80. The Bertz CT molecular complexity index is 796. The van der Waals surface area contributed by atoms with Crippen LogP contribution in [0.3, 0.4) is 0 Å². The van der Waals surface area contributed by atoms with Crippen molar-refractivity contribution in [1.29, 1.82) is 0 Å². The van der Waals surface area contributed by atoms with Crippen LogP contribution in [0.5, 0.6) is 11.5 Å². The highest BCUT2D eigenvalue weighted by molar-refractivity contribution is 6.30. The SMILES string of the molecule is O=C(COC(=O)COc1cccc(Cl)c1)Nc1ccc(OC(F)(F)F)cc1. The fourth-order valence-electron chi connectivity index (χ4n) is 1.82. The fraction of sp³-hybridized carbons (Fsp3) is 0.176. The van der Waals surface area contributed by atoms with Crippen LogP contribution in [0.1, 0.15) is 0 Å². The average molecular weight is 404 g/mol. The molecule has 0 spiro atoms. The summed E-state index contributed by atoms with van der Waals surface area (Å²) in [4.78, 5) is 23.2. The molecule has 0 aliphatic carbocycles. The van der Waals surface area contributed by atoms with Gasteiger partial charge in [-0.15, -0.1) is 13.2 Å². The van der Waals surface area contributed by atoms with Gasteiger partial charge in [0.05, 0.1) is 0 Å². The molecule has 144 valence electrons. The number of hydrogen-bond donors (Lipinski definition) is 1. The summed E-state index contributed by atoms with van der Waals surface area (Å²) in [5.41, 5.74) is 0.209. The number of benzene rings is 2. The minimum absolute atomic E-state index is 0.209. The van der Waals surface area contributed by atoms with Crippen molar-refractivity contribution in [3.63, 3.8) is 0 Å². The van der Waals surface area contributed by atoms with Gasteiger partial charge in [-0.1, -0.05) is 17.7 Å². The van der Waals surface area contributed by atoms with E-state index in [1.165, 1.54) is 18.2 Å². The topological polar surface area (TPSA) is 73.9 Å².